The van der Waals surface area contributed by atoms with Gasteiger partial charge in [-0.2, -0.15) is 8.78 Å². The number of hydrogen-bond acceptors (Lipinski definition) is 6. The van der Waals surface area contributed by atoms with Crippen LogP contribution in [0.2, 0.25) is 5.02 Å². The first-order chi connectivity index (χ1) is 11.9. The van der Waals surface area contributed by atoms with Gasteiger partial charge in [0.05, 0.1) is 10.6 Å². The molecule has 0 fully saturated rings. The van der Waals surface area contributed by atoms with Gasteiger partial charge in [-0.05, 0) is 43.0 Å². The number of halogens is 3. The van der Waals surface area contributed by atoms with E-state index < -0.39 is 23.7 Å². The van der Waals surface area contributed by atoms with E-state index in [4.69, 9.17) is 16.3 Å². The minimum absolute atomic E-state index is 0.124. The van der Waals surface area contributed by atoms with E-state index >= 15 is 0 Å². The highest BCUT2D eigenvalue weighted by Crippen LogP contribution is 2.26. The van der Waals surface area contributed by atoms with Crippen molar-refractivity contribution >= 4 is 41.1 Å². The fraction of sp³-hybridized carbons (Fsp3) is 0.200. The Bertz CT molecular complexity index is 762. The minimum Gasteiger partial charge on any atom is -0.449 e. The van der Waals surface area contributed by atoms with Gasteiger partial charge in [0.2, 0.25) is 0 Å². The van der Waals surface area contributed by atoms with Gasteiger partial charge in [-0.25, -0.2) is 14.8 Å². The molecule has 2 aromatic rings. The third-order valence-corrected chi connectivity index (χ3v) is 3.77. The van der Waals surface area contributed by atoms with Crippen LogP contribution in [0.3, 0.4) is 0 Å². The molecule has 132 valence electrons. The molecule has 0 bridgehead atoms. The first kappa shape index (κ1) is 19.1. The number of amides is 1. The van der Waals surface area contributed by atoms with Gasteiger partial charge in [0.25, 0.3) is 11.7 Å². The Morgan fingerprint density at radius 3 is 2.68 bits per heavy atom. The molecule has 0 aliphatic rings. The van der Waals surface area contributed by atoms with Crippen molar-refractivity contribution < 1.29 is 23.1 Å². The summed E-state index contributed by atoms with van der Waals surface area (Å²) in [5, 5.41) is 2.68. The first-order valence-electron chi connectivity index (χ1n) is 6.90. The van der Waals surface area contributed by atoms with E-state index in [9.17, 15) is 18.4 Å². The second-order valence-corrected chi connectivity index (χ2v) is 6.05. The smallest absolute Gasteiger partial charge is 0.341 e. The Morgan fingerprint density at radius 2 is 2.04 bits per heavy atom. The maximum Gasteiger partial charge on any atom is 0.341 e. The second kappa shape index (κ2) is 8.72. The van der Waals surface area contributed by atoms with Crippen molar-refractivity contribution in [1.82, 2.24) is 9.97 Å². The van der Waals surface area contributed by atoms with E-state index in [0.29, 0.717) is 5.02 Å². The van der Waals surface area contributed by atoms with Crippen molar-refractivity contribution in [2.45, 2.75) is 23.8 Å². The van der Waals surface area contributed by atoms with Crippen LogP contribution in [0.4, 0.5) is 14.6 Å². The van der Waals surface area contributed by atoms with Crippen LogP contribution < -0.4 is 5.32 Å². The summed E-state index contributed by atoms with van der Waals surface area (Å²) in [6, 6.07) is 5.72. The topological polar surface area (TPSA) is 81.2 Å². The molecule has 1 N–H and O–H groups in total. The predicted octanol–water partition coefficient (Wildman–Crippen LogP) is 3.63. The van der Waals surface area contributed by atoms with E-state index in [1.807, 2.05) is 0 Å². The van der Waals surface area contributed by atoms with Gasteiger partial charge in [-0.3, -0.25) is 4.79 Å². The Balaban J connectivity index is 2.02. The average molecular weight is 388 g/mol. The van der Waals surface area contributed by atoms with Gasteiger partial charge in [-0.15, -0.1) is 0 Å². The summed E-state index contributed by atoms with van der Waals surface area (Å²) in [5.74, 6) is -4.07. The number of ether oxygens (including phenoxy) is 1. The lowest BCUT2D eigenvalue weighted by molar-refractivity contribution is -0.123. The molecule has 1 amide bonds. The SMILES string of the molecule is C[C@H](OC(=O)c1cccnc1SC(F)F)C(=O)Nc1ccc(Cl)cn1. The average Bonchev–Trinajstić information content (AvgIpc) is 2.56. The zero-order valence-corrected chi connectivity index (χ0v) is 14.4. The number of esters is 1. The number of rotatable bonds is 6. The Labute approximate surface area is 150 Å². The standard InChI is InChI=1S/C15H12ClF2N3O3S/c1-8(12(22)21-11-5-4-9(16)7-20-11)24-14(23)10-3-2-6-19-13(10)25-15(17)18/h2-8,15H,1H3,(H,20,21,22)/t8-/m0/s1. The third-order valence-electron chi connectivity index (χ3n) is 2.82. The summed E-state index contributed by atoms with van der Waals surface area (Å²) in [6.45, 7) is 1.35. The van der Waals surface area contributed by atoms with Gasteiger partial charge in [0, 0.05) is 12.4 Å². The summed E-state index contributed by atoms with van der Waals surface area (Å²) in [5.41, 5.74) is -0.142. The monoisotopic (exact) mass is 387 g/mol. The number of nitrogens with zero attached hydrogens (tertiary/aromatic N) is 2. The molecule has 1 atom stereocenters. The van der Waals surface area contributed by atoms with Crippen molar-refractivity contribution in [3.05, 3.63) is 47.2 Å². The highest BCUT2D eigenvalue weighted by atomic mass is 35.5. The Hall–Kier alpha value is -2.26. The molecule has 0 saturated carbocycles. The quantitative estimate of drug-likeness (QED) is 0.602. The fourth-order valence-corrected chi connectivity index (χ4v) is 2.36. The van der Waals surface area contributed by atoms with Crippen molar-refractivity contribution in [3.8, 4) is 0 Å². The van der Waals surface area contributed by atoms with Crippen molar-refractivity contribution in [2.75, 3.05) is 5.32 Å². The van der Waals surface area contributed by atoms with Crippen molar-refractivity contribution in [2.24, 2.45) is 0 Å². The normalized spacial score (nSPS) is 11.9. The second-order valence-electron chi connectivity index (χ2n) is 4.63. The van der Waals surface area contributed by atoms with E-state index in [-0.39, 0.29) is 28.2 Å². The third kappa shape index (κ3) is 5.64. The van der Waals surface area contributed by atoms with Gasteiger partial charge in [0.1, 0.15) is 10.8 Å². The fourth-order valence-electron chi connectivity index (χ4n) is 1.68. The van der Waals surface area contributed by atoms with Gasteiger partial charge < -0.3 is 10.1 Å². The zero-order chi connectivity index (χ0) is 18.4. The predicted molar refractivity (Wildman–Crippen MR) is 88.9 cm³/mol. The number of carbonyl (C=O) groups excluding carboxylic acids is 2. The number of thioether (sulfide) groups is 1. The molecule has 0 spiro atoms. The van der Waals surface area contributed by atoms with Crippen molar-refractivity contribution in [1.29, 1.82) is 0 Å². The molecule has 0 aromatic carbocycles. The largest absolute Gasteiger partial charge is 0.449 e. The van der Waals surface area contributed by atoms with E-state index in [1.54, 1.807) is 0 Å². The van der Waals surface area contributed by atoms with E-state index in [1.165, 1.54) is 43.6 Å². The first-order valence-corrected chi connectivity index (χ1v) is 8.16. The molecule has 10 heteroatoms. The van der Waals surface area contributed by atoms with E-state index in [2.05, 4.69) is 15.3 Å². The number of alkyl halides is 2. The molecule has 0 aliphatic heterocycles. The minimum atomic E-state index is -2.74. The summed E-state index contributed by atoms with van der Waals surface area (Å²) in [4.78, 5) is 31.8. The van der Waals surface area contributed by atoms with Crippen LogP contribution in [0.15, 0.2) is 41.7 Å². The summed E-state index contributed by atoms with van der Waals surface area (Å²) in [6.07, 6.45) is 1.45. The summed E-state index contributed by atoms with van der Waals surface area (Å²) in [7, 11) is 0. The number of anilines is 1. The molecule has 6 nitrogen and oxygen atoms in total. The van der Waals surface area contributed by atoms with E-state index in [0.717, 1.165) is 0 Å². The van der Waals surface area contributed by atoms with Gasteiger partial charge >= 0.3 is 5.97 Å². The van der Waals surface area contributed by atoms with Crippen LogP contribution in [0.25, 0.3) is 0 Å². The molecular weight excluding hydrogens is 376 g/mol. The van der Waals surface area contributed by atoms with Crippen LogP contribution in [0, 0.1) is 0 Å². The van der Waals surface area contributed by atoms with Crippen LogP contribution >= 0.6 is 23.4 Å². The number of hydrogen-bond donors (Lipinski definition) is 1. The molecular formula is C15H12ClF2N3O3S. The number of pyridine rings is 2. The lowest BCUT2D eigenvalue weighted by Gasteiger charge is -2.14. The molecule has 2 heterocycles. The number of carbonyl (C=O) groups is 2. The molecule has 25 heavy (non-hydrogen) atoms. The lowest BCUT2D eigenvalue weighted by atomic mass is 10.3. The Kier molecular flexibility index (Phi) is 6.65. The highest BCUT2D eigenvalue weighted by Gasteiger charge is 2.23. The molecule has 0 saturated heterocycles. The van der Waals surface area contributed by atoms with Crippen LogP contribution in [0.1, 0.15) is 17.3 Å². The molecule has 2 rings (SSSR count). The number of nitrogens with one attached hydrogen (secondary N) is 1. The summed E-state index contributed by atoms with van der Waals surface area (Å²) >= 11 is 5.82. The maximum absolute atomic E-state index is 12.5. The highest BCUT2D eigenvalue weighted by molar-refractivity contribution is 7.99. The van der Waals surface area contributed by atoms with Gasteiger partial charge in [-0.1, -0.05) is 11.6 Å². The van der Waals surface area contributed by atoms with Crippen LogP contribution in [-0.2, 0) is 9.53 Å². The maximum atomic E-state index is 12.5. The number of aromatic nitrogens is 2. The van der Waals surface area contributed by atoms with Crippen LogP contribution in [0.5, 0.6) is 0 Å². The zero-order valence-electron chi connectivity index (χ0n) is 12.8. The molecule has 2 aromatic heterocycles. The summed E-state index contributed by atoms with van der Waals surface area (Å²) < 4.78 is 30.0. The lowest BCUT2D eigenvalue weighted by Crippen LogP contribution is -2.30. The molecule has 0 unspecified atom stereocenters. The van der Waals surface area contributed by atoms with Gasteiger partial charge in [0.15, 0.2) is 6.10 Å². The molecule has 0 radical (unpaired) electrons. The van der Waals surface area contributed by atoms with Crippen LogP contribution in [-0.4, -0.2) is 33.7 Å². The molecule has 0 aliphatic carbocycles. The Morgan fingerprint density at radius 1 is 1.28 bits per heavy atom. The van der Waals surface area contributed by atoms with Crippen molar-refractivity contribution in [3.63, 3.8) is 0 Å².